The topological polar surface area (TPSA) is 43.8 Å². The average Bonchev–Trinajstić information content (AvgIpc) is 2.54. The quantitative estimate of drug-likeness (QED) is 0.868. The molecule has 0 amide bonds. The number of aryl methyl sites for hydroxylation is 1. The van der Waals surface area contributed by atoms with Crippen molar-refractivity contribution in [2.75, 3.05) is 45.4 Å². The zero-order valence-electron chi connectivity index (χ0n) is 13.3. The fourth-order valence-electron chi connectivity index (χ4n) is 2.90. The first-order chi connectivity index (χ1) is 10.7. The summed E-state index contributed by atoms with van der Waals surface area (Å²) in [5.41, 5.74) is 2.15. The van der Waals surface area contributed by atoms with Crippen molar-refractivity contribution in [2.45, 2.75) is 13.0 Å². The molecule has 1 saturated heterocycles. The van der Waals surface area contributed by atoms with Crippen molar-refractivity contribution in [1.82, 2.24) is 4.98 Å². The Morgan fingerprint density at radius 1 is 1.32 bits per heavy atom. The molecule has 1 atom stereocenters. The zero-order valence-corrected chi connectivity index (χ0v) is 13.3. The van der Waals surface area contributed by atoms with Crippen LogP contribution in [0.15, 0.2) is 24.3 Å². The average molecular weight is 302 g/mol. The van der Waals surface area contributed by atoms with E-state index in [0.29, 0.717) is 13.2 Å². The van der Waals surface area contributed by atoms with Crippen LogP contribution in [0, 0.1) is 6.92 Å². The molecule has 1 aromatic heterocycles. The summed E-state index contributed by atoms with van der Waals surface area (Å²) in [5.74, 6) is 1.88. The molecule has 1 aliphatic rings. The lowest BCUT2D eigenvalue weighted by atomic mass is 10.1. The fourth-order valence-corrected chi connectivity index (χ4v) is 2.90. The van der Waals surface area contributed by atoms with Crippen LogP contribution >= 0.6 is 0 Å². The molecule has 0 radical (unpaired) electrons. The molecule has 0 N–H and O–H groups in total. The molecular formula is C17H22N2O3. The van der Waals surface area contributed by atoms with E-state index in [0.717, 1.165) is 35.6 Å². The van der Waals surface area contributed by atoms with Crippen LogP contribution in [-0.2, 0) is 9.47 Å². The third kappa shape index (κ3) is 3.00. The molecular weight excluding hydrogens is 280 g/mol. The molecule has 1 aromatic carbocycles. The van der Waals surface area contributed by atoms with E-state index in [1.807, 2.05) is 18.2 Å². The van der Waals surface area contributed by atoms with Gasteiger partial charge >= 0.3 is 0 Å². The van der Waals surface area contributed by atoms with Crippen LogP contribution in [0.2, 0.25) is 0 Å². The minimum atomic E-state index is 0.103. The van der Waals surface area contributed by atoms with Gasteiger partial charge in [0, 0.05) is 25.6 Å². The summed E-state index contributed by atoms with van der Waals surface area (Å²) in [5, 5.41) is 1.10. The van der Waals surface area contributed by atoms with E-state index < -0.39 is 0 Å². The first-order valence-corrected chi connectivity index (χ1v) is 7.52. The number of benzene rings is 1. The van der Waals surface area contributed by atoms with Gasteiger partial charge in [-0.15, -0.1) is 0 Å². The van der Waals surface area contributed by atoms with Gasteiger partial charge in [-0.25, -0.2) is 4.98 Å². The number of anilines is 1. The summed E-state index contributed by atoms with van der Waals surface area (Å²) < 4.78 is 16.2. The van der Waals surface area contributed by atoms with Crippen molar-refractivity contribution in [1.29, 1.82) is 0 Å². The number of aromatic nitrogens is 1. The molecule has 1 aliphatic heterocycles. The van der Waals surface area contributed by atoms with E-state index in [1.54, 1.807) is 14.2 Å². The van der Waals surface area contributed by atoms with Crippen molar-refractivity contribution in [3.05, 3.63) is 29.8 Å². The first kappa shape index (κ1) is 15.1. The third-order valence-corrected chi connectivity index (χ3v) is 3.98. The van der Waals surface area contributed by atoms with Crippen LogP contribution in [0.4, 0.5) is 5.82 Å². The number of rotatable bonds is 4. The van der Waals surface area contributed by atoms with E-state index in [-0.39, 0.29) is 6.10 Å². The van der Waals surface area contributed by atoms with E-state index in [1.165, 1.54) is 5.56 Å². The van der Waals surface area contributed by atoms with Gasteiger partial charge in [0.2, 0.25) is 0 Å². The van der Waals surface area contributed by atoms with Crippen molar-refractivity contribution >= 4 is 16.7 Å². The summed E-state index contributed by atoms with van der Waals surface area (Å²) in [7, 11) is 3.38. The Labute approximate surface area is 130 Å². The lowest BCUT2D eigenvalue weighted by Crippen LogP contribution is -2.45. The van der Waals surface area contributed by atoms with Gasteiger partial charge in [0.05, 0.1) is 31.9 Å². The molecule has 0 bridgehead atoms. The zero-order chi connectivity index (χ0) is 15.5. The van der Waals surface area contributed by atoms with Crippen LogP contribution in [0.5, 0.6) is 5.75 Å². The molecule has 0 saturated carbocycles. The Morgan fingerprint density at radius 3 is 2.95 bits per heavy atom. The number of methoxy groups -OCH3 is 2. The summed E-state index contributed by atoms with van der Waals surface area (Å²) in [6.45, 7) is 5.08. The lowest BCUT2D eigenvalue weighted by molar-refractivity contribution is -0.0102. The highest BCUT2D eigenvalue weighted by Gasteiger charge is 2.22. The second-order valence-electron chi connectivity index (χ2n) is 5.58. The van der Waals surface area contributed by atoms with E-state index in [4.69, 9.17) is 19.2 Å². The molecule has 2 heterocycles. The van der Waals surface area contributed by atoms with Gasteiger partial charge in [-0.05, 0) is 36.8 Å². The Balaban J connectivity index is 1.91. The summed E-state index contributed by atoms with van der Waals surface area (Å²) >= 11 is 0. The highest BCUT2D eigenvalue weighted by atomic mass is 16.5. The number of ether oxygens (including phenoxy) is 3. The number of hydrogen-bond acceptors (Lipinski definition) is 5. The van der Waals surface area contributed by atoms with Crippen LogP contribution in [0.25, 0.3) is 10.9 Å². The Kier molecular flexibility index (Phi) is 4.45. The van der Waals surface area contributed by atoms with E-state index >= 15 is 0 Å². The van der Waals surface area contributed by atoms with Gasteiger partial charge in [0.15, 0.2) is 0 Å². The summed E-state index contributed by atoms with van der Waals surface area (Å²) in [6, 6.07) is 8.14. The highest BCUT2D eigenvalue weighted by Crippen LogP contribution is 2.27. The first-order valence-electron chi connectivity index (χ1n) is 7.52. The molecule has 3 rings (SSSR count). The minimum absolute atomic E-state index is 0.103. The van der Waals surface area contributed by atoms with Gasteiger partial charge in [0.1, 0.15) is 11.6 Å². The maximum absolute atomic E-state index is 5.72. The summed E-state index contributed by atoms with van der Waals surface area (Å²) in [6.07, 6.45) is 0.103. The number of nitrogens with zero attached hydrogens (tertiary/aromatic N) is 2. The SMILES string of the molecule is COC[C@H]1CN(c2nc3ccc(OC)cc3cc2C)CCO1. The predicted octanol–water partition coefficient (Wildman–Crippen LogP) is 2.40. The molecule has 0 unspecified atom stereocenters. The molecule has 0 spiro atoms. The lowest BCUT2D eigenvalue weighted by Gasteiger charge is -2.34. The normalized spacial score (nSPS) is 18.7. The molecule has 118 valence electrons. The molecule has 2 aromatic rings. The molecule has 5 nitrogen and oxygen atoms in total. The molecule has 22 heavy (non-hydrogen) atoms. The third-order valence-electron chi connectivity index (χ3n) is 3.98. The minimum Gasteiger partial charge on any atom is -0.497 e. The van der Waals surface area contributed by atoms with Crippen LogP contribution in [0.3, 0.4) is 0 Å². The smallest absolute Gasteiger partial charge is 0.132 e. The molecule has 5 heteroatoms. The van der Waals surface area contributed by atoms with Gasteiger partial charge < -0.3 is 19.1 Å². The van der Waals surface area contributed by atoms with E-state index in [2.05, 4.69) is 17.9 Å². The fraction of sp³-hybridized carbons (Fsp3) is 0.471. The maximum Gasteiger partial charge on any atom is 0.132 e. The van der Waals surface area contributed by atoms with Gasteiger partial charge in [0.25, 0.3) is 0 Å². The number of pyridine rings is 1. The van der Waals surface area contributed by atoms with Crippen LogP contribution in [0.1, 0.15) is 5.56 Å². The second kappa shape index (κ2) is 6.50. The number of morpholine rings is 1. The Morgan fingerprint density at radius 2 is 2.18 bits per heavy atom. The standard InChI is InChI=1S/C17H22N2O3/c1-12-8-13-9-14(21-3)4-5-16(13)18-17(12)19-6-7-22-15(10-19)11-20-2/h4-5,8-9,15H,6-7,10-11H2,1-3H3/t15-/m1/s1. The predicted molar refractivity (Wildman–Crippen MR) is 86.9 cm³/mol. The van der Waals surface area contributed by atoms with Crippen molar-refractivity contribution < 1.29 is 14.2 Å². The van der Waals surface area contributed by atoms with Crippen molar-refractivity contribution in [3.63, 3.8) is 0 Å². The monoisotopic (exact) mass is 302 g/mol. The second-order valence-corrected chi connectivity index (χ2v) is 5.58. The largest absolute Gasteiger partial charge is 0.497 e. The number of hydrogen-bond donors (Lipinski definition) is 0. The summed E-state index contributed by atoms with van der Waals surface area (Å²) in [4.78, 5) is 7.13. The van der Waals surface area contributed by atoms with Crippen molar-refractivity contribution in [2.24, 2.45) is 0 Å². The Hall–Kier alpha value is -1.85. The Bertz CT molecular complexity index is 658. The van der Waals surface area contributed by atoms with Crippen LogP contribution in [-0.4, -0.2) is 51.6 Å². The highest BCUT2D eigenvalue weighted by molar-refractivity contribution is 5.83. The van der Waals surface area contributed by atoms with E-state index in [9.17, 15) is 0 Å². The van der Waals surface area contributed by atoms with Crippen LogP contribution < -0.4 is 9.64 Å². The molecule has 0 aliphatic carbocycles. The maximum atomic E-state index is 5.72. The van der Waals surface area contributed by atoms with Gasteiger partial charge in [-0.1, -0.05) is 0 Å². The molecule has 1 fully saturated rings. The van der Waals surface area contributed by atoms with Gasteiger partial charge in [-0.3, -0.25) is 0 Å². The van der Waals surface area contributed by atoms with Crippen molar-refractivity contribution in [3.8, 4) is 5.75 Å². The number of fused-ring (bicyclic) bond motifs is 1. The van der Waals surface area contributed by atoms with Gasteiger partial charge in [-0.2, -0.15) is 0 Å².